The van der Waals surface area contributed by atoms with Gasteiger partial charge in [0, 0.05) is 22.0 Å². The first-order valence-corrected chi connectivity index (χ1v) is 12.4. The van der Waals surface area contributed by atoms with Crippen LogP contribution >= 0.6 is 35.1 Å². The van der Waals surface area contributed by atoms with Gasteiger partial charge >= 0.3 is 5.97 Å². The minimum absolute atomic E-state index is 0.256. The summed E-state index contributed by atoms with van der Waals surface area (Å²) in [6.07, 6.45) is 1.00. The van der Waals surface area contributed by atoms with Gasteiger partial charge in [-0.25, -0.2) is 4.79 Å². The zero-order chi connectivity index (χ0) is 22.2. The van der Waals surface area contributed by atoms with Gasteiger partial charge in [-0.05, 0) is 23.6 Å². The smallest absolute Gasteiger partial charge is 0.358 e. The fraction of sp³-hybridized carbons (Fsp3) is 0.304. The minimum Gasteiger partial charge on any atom is -0.422 e. The number of hydrogen-bond donors (Lipinski definition) is 0. The molecule has 0 saturated heterocycles. The number of nitrogens with zero attached hydrogens (tertiary/aromatic N) is 2. The summed E-state index contributed by atoms with van der Waals surface area (Å²) in [7, 11) is 1.37. The molecular weight excluding hydrogens is 452 g/mol. The number of fused-ring (bicyclic) bond motifs is 1. The molecule has 3 aromatic rings. The second-order valence-electron chi connectivity index (χ2n) is 6.50. The molecule has 5 nitrogen and oxygen atoms in total. The van der Waals surface area contributed by atoms with Gasteiger partial charge in [-0.15, -0.1) is 23.5 Å². The highest BCUT2D eigenvalue weighted by atomic mass is 35.5. The van der Waals surface area contributed by atoms with Crippen LogP contribution in [0.3, 0.4) is 0 Å². The maximum atomic E-state index is 12.0. The standard InChI is InChI=1S/C23H25ClN2O3S2/c1-4-30-23(31-5-2)21-17-11-7-8-12-18(17)26(22(21)24)15-16-10-6-9-13-19(16)29-20(27)14-25-28-3/h6-14,23H,4-5,15H2,1-3H3. The molecule has 8 heteroatoms. The van der Waals surface area contributed by atoms with Gasteiger partial charge in [-0.2, -0.15) is 0 Å². The van der Waals surface area contributed by atoms with Crippen LogP contribution in [0, 0.1) is 0 Å². The van der Waals surface area contributed by atoms with Crippen molar-refractivity contribution in [2.45, 2.75) is 25.0 Å². The number of aromatic nitrogens is 1. The van der Waals surface area contributed by atoms with Crippen molar-refractivity contribution in [3.8, 4) is 5.75 Å². The van der Waals surface area contributed by atoms with E-state index in [1.807, 2.05) is 53.9 Å². The molecule has 0 spiro atoms. The molecule has 0 bridgehead atoms. The quantitative estimate of drug-likeness (QED) is 0.112. The topological polar surface area (TPSA) is 52.8 Å². The molecule has 0 radical (unpaired) electrons. The van der Waals surface area contributed by atoms with Crippen LogP contribution in [-0.2, 0) is 16.2 Å². The average Bonchev–Trinajstić information content (AvgIpc) is 3.05. The molecule has 0 saturated carbocycles. The van der Waals surface area contributed by atoms with Crippen LogP contribution in [0.4, 0.5) is 0 Å². The van der Waals surface area contributed by atoms with Crippen molar-refractivity contribution in [3.05, 3.63) is 64.8 Å². The molecule has 0 unspecified atom stereocenters. The number of oxime groups is 1. The van der Waals surface area contributed by atoms with Crippen molar-refractivity contribution in [2.24, 2.45) is 5.16 Å². The Bertz CT molecular complexity index is 1060. The number of thioether (sulfide) groups is 2. The van der Waals surface area contributed by atoms with Crippen LogP contribution in [0.2, 0.25) is 5.15 Å². The van der Waals surface area contributed by atoms with E-state index >= 15 is 0 Å². The fourth-order valence-corrected chi connectivity index (χ4v) is 6.44. The van der Waals surface area contributed by atoms with Crippen LogP contribution in [0.25, 0.3) is 10.9 Å². The molecule has 0 aliphatic heterocycles. The second kappa shape index (κ2) is 11.5. The Labute approximate surface area is 196 Å². The van der Waals surface area contributed by atoms with Crippen molar-refractivity contribution in [2.75, 3.05) is 18.6 Å². The highest BCUT2D eigenvalue weighted by molar-refractivity contribution is 8.16. The number of ether oxygens (including phenoxy) is 1. The summed E-state index contributed by atoms with van der Waals surface area (Å²) < 4.78 is 7.81. The van der Waals surface area contributed by atoms with Crippen molar-refractivity contribution in [1.29, 1.82) is 0 Å². The monoisotopic (exact) mass is 476 g/mol. The molecule has 0 atom stereocenters. The summed E-state index contributed by atoms with van der Waals surface area (Å²) in [6.45, 7) is 4.81. The summed E-state index contributed by atoms with van der Waals surface area (Å²) in [5, 5.41) is 5.34. The molecule has 164 valence electrons. The summed E-state index contributed by atoms with van der Waals surface area (Å²) >= 11 is 10.8. The van der Waals surface area contributed by atoms with E-state index in [2.05, 4.69) is 40.5 Å². The number of halogens is 1. The minimum atomic E-state index is -0.600. The first-order valence-electron chi connectivity index (χ1n) is 9.96. The second-order valence-corrected chi connectivity index (χ2v) is 9.92. The lowest BCUT2D eigenvalue weighted by Crippen LogP contribution is -2.11. The van der Waals surface area contributed by atoms with Crippen LogP contribution in [0.15, 0.2) is 53.7 Å². The van der Waals surface area contributed by atoms with Gasteiger partial charge < -0.3 is 14.1 Å². The van der Waals surface area contributed by atoms with Crippen molar-refractivity contribution < 1.29 is 14.4 Å². The summed E-state index contributed by atoms with van der Waals surface area (Å²) in [6, 6.07) is 15.7. The van der Waals surface area contributed by atoms with Gasteiger partial charge in [-0.3, -0.25) is 0 Å². The molecule has 3 rings (SSSR count). The third-order valence-electron chi connectivity index (χ3n) is 4.59. The van der Waals surface area contributed by atoms with Gasteiger partial charge in [0.25, 0.3) is 0 Å². The molecule has 0 amide bonds. The van der Waals surface area contributed by atoms with Gasteiger partial charge in [0.2, 0.25) is 0 Å². The number of rotatable bonds is 10. The number of hydrogen-bond acceptors (Lipinski definition) is 6. The summed E-state index contributed by atoms with van der Waals surface area (Å²) in [4.78, 5) is 16.6. The number of carbonyl (C=O) groups excluding carboxylic acids is 1. The largest absolute Gasteiger partial charge is 0.422 e. The Hall–Kier alpha value is -2.09. The fourth-order valence-electron chi connectivity index (χ4n) is 3.33. The Morgan fingerprint density at radius 1 is 1.13 bits per heavy atom. The molecule has 1 aromatic heterocycles. The predicted octanol–water partition coefficient (Wildman–Crippen LogP) is 6.39. The first-order chi connectivity index (χ1) is 15.1. The Morgan fingerprint density at radius 2 is 1.81 bits per heavy atom. The summed E-state index contributed by atoms with van der Waals surface area (Å²) in [5.41, 5.74) is 3.05. The summed E-state index contributed by atoms with van der Waals surface area (Å²) in [5.74, 6) is 1.88. The SMILES string of the molecule is CCSC(SCC)c1c(Cl)n(Cc2ccccc2OC(=O)C=NOC)c2ccccc12. The van der Waals surface area contributed by atoms with E-state index in [0.29, 0.717) is 12.3 Å². The predicted molar refractivity (Wildman–Crippen MR) is 133 cm³/mol. The van der Waals surface area contributed by atoms with Gasteiger partial charge in [0.05, 0.1) is 11.1 Å². The number of esters is 1. The van der Waals surface area contributed by atoms with E-state index in [1.165, 1.54) is 7.11 Å². The lowest BCUT2D eigenvalue weighted by Gasteiger charge is -2.15. The van der Waals surface area contributed by atoms with Crippen LogP contribution in [-0.4, -0.2) is 35.4 Å². The average molecular weight is 477 g/mol. The van der Waals surface area contributed by atoms with Crippen LogP contribution < -0.4 is 4.74 Å². The third kappa shape index (κ3) is 5.59. The number of para-hydroxylation sites is 2. The van der Waals surface area contributed by atoms with Crippen LogP contribution in [0.1, 0.15) is 29.6 Å². The van der Waals surface area contributed by atoms with E-state index in [1.54, 1.807) is 6.07 Å². The van der Waals surface area contributed by atoms with Crippen molar-refractivity contribution in [1.82, 2.24) is 4.57 Å². The molecule has 0 fully saturated rings. The highest BCUT2D eigenvalue weighted by Gasteiger charge is 2.24. The van der Waals surface area contributed by atoms with Crippen molar-refractivity contribution in [3.63, 3.8) is 0 Å². The van der Waals surface area contributed by atoms with Gasteiger partial charge in [0.1, 0.15) is 18.0 Å². The first kappa shape index (κ1) is 23.6. The lowest BCUT2D eigenvalue weighted by molar-refractivity contribution is -0.126. The molecule has 0 N–H and O–H groups in total. The third-order valence-corrected chi connectivity index (χ3v) is 7.56. The Balaban J connectivity index is 2.03. The van der Waals surface area contributed by atoms with Gasteiger partial charge in [-0.1, -0.05) is 67.0 Å². The van der Waals surface area contributed by atoms with Crippen molar-refractivity contribution >= 4 is 58.2 Å². The number of benzene rings is 2. The maximum Gasteiger partial charge on any atom is 0.358 e. The maximum absolute atomic E-state index is 12.0. The Kier molecular flexibility index (Phi) is 8.75. The number of carbonyl (C=O) groups is 1. The van der Waals surface area contributed by atoms with E-state index in [9.17, 15) is 4.79 Å². The molecule has 0 aliphatic carbocycles. The van der Waals surface area contributed by atoms with E-state index in [-0.39, 0.29) is 4.58 Å². The molecule has 0 aliphatic rings. The Morgan fingerprint density at radius 3 is 2.52 bits per heavy atom. The normalized spacial score (nSPS) is 11.5. The zero-order valence-electron chi connectivity index (χ0n) is 17.7. The van der Waals surface area contributed by atoms with E-state index in [0.717, 1.165) is 44.9 Å². The molecule has 1 heterocycles. The molecule has 2 aromatic carbocycles. The van der Waals surface area contributed by atoms with Crippen LogP contribution in [0.5, 0.6) is 5.75 Å². The lowest BCUT2D eigenvalue weighted by atomic mass is 10.2. The van der Waals surface area contributed by atoms with E-state index in [4.69, 9.17) is 16.3 Å². The van der Waals surface area contributed by atoms with Gasteiger partial charge in [0.15, 0.2) is 6.21 Å². The molecule has 31 heavy (non-hydrogen) atoms. The van der Waals surface area contributed by atoms with E-state index < -0.39 is 5.97 Å². The molecular formula is C23H25ClN2O3S2. The zero-order valence-corrected chi connectivity index (χ0v) is 20.1. The highest BCUT2D eigenvalue weighted by Crippen LogP contribution is 2.47.